The molecule has 1 amide bonds. The Hall–Kier alpha value is -2.77. The predicted molar refractivity (Wildman–Crippen MR) is 57.8 cm³/mol. The van der Waals surface area contributed by atoms with E-state index in [1.54, 1.807) is 0 Å². The fraction of sp³-hybridized carbons (Fsp3) is 0. The second kappa shape index (κ2) is 4.84. The van der Waals surface area contributed by atoms with Gasteiger partial charge in [0.1, 0.15) is 11.6 Å². The predicted octanol–water partition coefficient (Wildman–Crippen LogP) is 1.90. The van der Waals surface area contributed by atoms with Gasteiger partial charge < -0.3 is 14.9 Å². The first kappa shape index (κ1) is 12.7. The third-order valence-corrected chi connectivity index (χ3v) is 2.13. The van der Waals surface area contributed by atoms with Crippen LogP contribution in [0.5, 0.6) is 0 Å². The first-order chi connectivity index (χ1) is 8.97. The van der Waals surface area contributed by atoms with E-state index in [0.29, 0.717) is 6.07 Å². The molecule has 0 unspecified atom stereocenters. The van der Waals surface area contributed by atoms with Gasteiger partial charge in [0.15, 0.2) is 5.69 Å². The van der Waals surface area contributed by atoms with Crippen LogP contribution < -0.4 is 5.32 Å². The van der Waals surface area contributed by atoms with Crippen LogP contribution in [0.1, 0.15) is 21.0 Å². The maximum atomic E-state index is 13.3. The van der Waals surface area contributed by atoms with Gasteiger partial charge in [-0.3, -0.25) is 4.79 Å². The molecule has 0 bridgehead atoms. The number of halogens is 2. The number of carbonyl (C=O) groups is 2. The zero-order valence-corrected chi connectivity index (χ0v) is 9.18. The van der Waals surface area contributed by atoms with Crippen LogP contribution in [0.25, 0.3) is 0 Å². The van der Waals surface area contributed by atoms with Crippen LogP contribution in [0.2, 0.25) is 0 Å². The maximum absolute atomic E-state index is 13.3. The van der Waals surface area contributed by atoms with Crippen LogP contribution in [0.15, 0.2) is 28.8 Å². The Morgan fingerprint density at radius 3 is 2.58 bits per heavy atom. The van der Waals surface area contributed by atoms with Crippen LogP contribution in [-0.2, 0) is 0 Å². The maximum Gasteiger partial charge on any atom is 0.374 e. The molecule has 1 aromatic carbocycles. The quantitative estimate of drug-likeness (QED) is 0.886. The first-order valence-corrected chi connectivity index (χ1v) is 4.94. The average Bonchev–Trinajstić information content (AvgIpc) is 2.82. The van der Waals surface area contributed by atoms with Crippen LogP contribution in [-0.4, -0.2) is 22.1 Å². The van der Waals surface area contributed by atoms with Gasteiger partial charge in [-0.2, -0.15) is 0 Å². The van der Waals surface area contributed by atoms with Gasteiger partial charge in [-0.05, 0) is 12.1 Å². The van der Waals surface area contributed by atoms with Gasteiger partial charge in [-0.25, -0.2) is 13.6 Å². The molecule has 0 aliphatic carbocycles. The number of aromatic nitrogens is 1. The topological polar surface area (TPSA) is 92.4 Å². The van der Waals surface area contributed by atoms with Crippen LogP contribution >= 0.6 is 0 Å². The summed E-state index contributed by atoms with van der Waals surface area (Å²) in [5, 5.41) is 13.9. The summed E-state index contributed by atoms with van der Waals surface area (Å²) in [5.41, 5.74) is -0.590. The minimum atomic E-state index is -1.39. The molecule has 0 atom stereocenters. The summed E-state index contributed by atoms with van der Waals surface area (Å²) in [5.74, 6) is -4.54. The van der Waals surface area contributed by atoms with E-state index >= 15 is 0 Å². The van der Waals surface area contributed by atoms with E-state index in [2.05, 4.69) is 15.0 Å². The number of hydrogen-bond donors (Lipinski definition) is 2. The number of nitrogens with zero attached hydrogens (tertiary/aromatic N) is 1. The van der Waals surface area contributed by atoms with Crippen molar-refractivity contribution in [1.82, 2.24) is 5.16 Å². The van der Waals surface area contributed by atoms with E-state index < -0.39 is 29.3 Å². The fourth-order valence-electron chi connectivity index (χ4n) is 1.26. The molecule has 98 valence electrons. The minimum absolute atomic E-state index is 0.258. The molecule has 2 aromatic rings. The van der Waals surface area contributed by atoms with E-state index in [4.69, 9.17) is 5.11 Å². The van der Waals surface area contributed by atoms with Gasteiger partial charge >= 0.3 is 5.97 Å². The van der Waals surface area contributed by atoms with Gasteiger partial charge in [0, 0.05) is 12.1 Å². The van der Waals surface area contributed by atoms with Gasteiger partial charge in [0.25, 0.3) is 5.91 Å². The van der Waals surface area contributed by atoms with Crippen molar-refractivity contribution in [3.8, 4) is 0 Å². The summed E-state index contributed by atoms with van der Waals surface area (Å²) in [7, 11) is 0. The largest absolute Gasteiger partial charge is 0.475 e. The highest BCUT2D eigenvalue weighted by atomic mass is 19.1. The number of hydrogen-bond acceptors (Lipinski definition) is 4. The normalized spacial score (nSPS) is 10.2. The number of carboxylic acid groups (broad SMARTS) is 1. The average molecular weight is 268 g/mol. The number of nitrogens with one attached hydrogen (secondary N) is 1. The first-order valence-electron chi connectivity index (χ1n) is 4.94. The summed E-state index contributed by atoms with van der Waals surface area (Å²) < 4.78 is 30.3. The van der Waals surface area contributed by atoms with Gasteiger partial charge in [-0.15, -0.1) is 0 Å². The second-order valence-electron chi connectivity index (χ2n) is 3.46. The Morgan fingerprint density at radius 1 is 1.26 bits per heavy atom. The lowest BCUT2D eigenvalue weighted by Gasteiger charge is -2.03. The molecule has 1 aromatic heterocycles. The highest BCUT2D eigenvalue weighted by Gasteiger charge is 2.17. The number of carbonyl (C=O) groups excluding carboxylic acids is 1. The molecular formula is C11H6F2N2O4. The second-order valence-corrected chi connectivity index (χ2v) is 3.46. The summed E-state index contributed by atoms with van der Waals surface area (Å²) in [4.78, 5) is 22.1. The van der Waals surface area contributed by atoms with E-state index in [9.17, 15) is 18.4 Å². The summed E-state index contributed by atoms with van der Waals surface area (Å²) >= 11 is 0. The standard InChI is InChI=1S/C11H6F2N2O4/c12-5-1-2-7(6(13)3-5)14-10(16)8-4-9(11(17)18)19-15-8/h1-4H,(H,14,16)(H,17,18). The number of benzene rings is 1. The lowest BCUT2D eigenvalue weighted by atomic mass is 10.2. The third-order valence-electron chi connectivity index (χ3n) is 2.13. The van der Waals surface area contributed by atoms with E-state index in [-0.39, 0.29) is 11.4 Å². The SMILES string of the molecule is O=C(Nc1ccc(F)cc1F)c1cc(C(=O)O)on1. The number of anilines is 1. The number of rotatable bonds is 3. The van der Waals surface area contributed by atoms with Crippen LogP contribution in [0.4, 0.5) is 14.5 Å². The molecule has 2 rings (SSSR count). The number of aromatic carboxylic acids is 1. The Labute approximate surface area is 104 Å². The molecule has 0 fully saturated rings. The molecule has 0 aliphatic heterocycles. The summed E-state index contributed by atoms with van der Waals surface area (Å²) in [6.45, 7) is 0. The van der Waals surface area contributed by atoms with Crippen LogP contribution in [0, 0.1) is 11.6 Å². The molecule has 2 N–H and O–H groups in total. The van der Waals surface area contributed by atoms with Crippen molar-refractivity contribution < 1.29 is 28.0 Å². The van der Waals surface area contributed by atoms with Crippen molar-refractivity contribution in [2.75, 3.05) is 5.32 Å². The summed E-state index contributed by atoms with van der Waals surface area (Å²) in [6, 6.07) is 3.48. The van der Waals surface area contributed by atoms with Crippen molar-refractivity contribution in [1.29, 1.82) is 0 Å². The van der Waals surface area contributed by atoms with Gasteiger partial charge in [0.05, 0.1) is 5.69 Å². The van der Waals surface area contributed by atoms with Crippen molar-refractivity contribution in [3.05, 3.63) is 47.4 Å². The molecule has 0 aliphatic rings. The van der Waals surface area contributed by atoms with Crippen molar-refractivity contribution in [2.45, 2.75) is 0 Å². The molecule has 8 heteroatoms. The molecule has 1 heterocycles. The number of amides is 1. The lowest BCUT2D eigenvalue weighted by molar-refractivity contribution is 0.0651. The molecule has 0 spiro atoms. The van der Waals surface area contributed by atoms with Crippen molar-refractivity contribution in [3.63, 3.8) is 0 Å². The zero-order valence-electron chi connectivity index (χ0n) is 9.18. The fourth-order valence-corrected chi connectivity index (χ4v) is 1.26. The Morgan fingerprint density at radius 2 is 2.00 bits per heavy atom. The molecule has 0 radical (unpaired) electrons. The van der Waals surface area contributed by atoms with Gasteiger partial charge in [-0.1, -0.05) is 5.16 Å². The molecule has 0 saturated carbocycles. The van der Waals surface area contributed by atoms with E-state index in [1.165, 1.54) is 0 Å². The highest BCUT2D eigenvalue weighted by Crippen LogP contribution is 2.16. The number of carboxylic acids is 1. The monoisotopic (exact) mass is 268 g/mol. The smallest absolute Gasteiger partial charge is 0.374 e. The van der Waals surface area contributed by atoms with Crippen LogP contribution in [0.3, 0.4) is 0 Å². The Bertz CT molecular complexity index is 654. The van der Waals surface area contributed by atoms with E-state index in [1.807, 2.05) is 0 Å². The van der Waals surface area contributed by atoms with Gasteiger partial charge in [0.2, 0.25) is 5.76 Å². The molecule has 19 heavy (non-hydrogen) atoms. The van der Waals surface area contributed by atoms with Crippen molar-refractivity contribution in [2.24, 2.45) is 0 Å². The van der Waals surface area contributed by atoms with E-state index in [0.717, 1.165) is 18.2 Å². The Balaban J connectivity index is 2.18. The molecule has 6 nitrogen and oxygen atoms in total. The molecule has 0 saturated heterocycles. The molecular weight excluding hydrogens is 262 g/mol. The minimum Gasteiger partial charge on any atom is -0.475 e. The Kier molecular flexibility index (Phi) is 3.23. The zero-order chi connectivity index (χ0) is 14.0. The summed E-state index contributed by atoms with van der Waals surface area (Å²) in [6.07, 6.45) is 0. The third kappa shape index (κ3) is 2.73. The highest BCUT2D eigenvalue weighted by molar-refractivity contribution is 6.03. The van der Waals surface area contributed by atoms with Crippen molar-refractivity contribution >= 4 is 17.6 Å². The lowest BCUT2D eigenvalue weighted by Crippen LogP contribution is -2.13.